The molecule has 1 atom stereocenters. The van der Waals surface area contributed by atoms with E-state index in [-0.39, 0.29) is 11.9 Å². The van der Waals surface area contributed by atoms with Gasteiger partial charge in [-0.05, 0) is 33.2 Å². The number of hydrogen-bond acceptors (Lipinski definition) is 2. The Labute approximate surface area is 74.1 Å². The molecular weight excluding hydrogens is 152 g/mol. The summed E-state index contributed by atoms with van der Waals surface area (Å²) in [5.74, 6) is 0.210. The molecule has 1 unspecified atom stereocenters. The highest BCUT2D eigenvalue weighted by Gasteiger charge is 2.27. The van der Waals surface area contributed by atoms with Gasteiger partial charge in [0, 0.05) is 13.1 Å². The normalized spacial score (nSPS) is 19.9. The molecule has 1 N–H and O–H groups in total. The van der Waals surface area contributed by atoms with Gasteiger partial charge in [-0.1, -0.05) is 0 Å². The van der Waals surface area contributed by atoms with Gasteiger partial charge < -0.3 is 10.2 Å². The Morgan fingerprint density at radius 3 is 2.50 bits per heavy atom. The molecule has 0 aromatic heterocycles. The maximum Gasteiger partial charge on any atom is 0.239 e. The van der Waals surface area contributed by atoms with Crippen LogP contribution in [-0.2, 0) is 4.79 Å². The van der Waals surface area contributed by atoms with Crippen molar-refractivity contribution in [3.05, 3.63) is 0 Å². The minimum absolute atomic E-state index is 0.0457. The van der Waals surface area contributed by atoms with Crippen molar-refractivity contribution in [3.8, 4) is 0 Å². The topological polar surface area (TPSA) is 32.3 Å². The van der Waals surface area contributed by atoms with Crippen LogP contribution in [0.25, 0.3) is 0 Å². The van der Waals surface area contributed by atoms with Crippen molar-refractivity contribution < 1.29 is 4.79 Å². The summed E-state index contributed by atoms with van der Waals surface area (Å²) in [5, 5.41) is 2.96. The van der Waals surface area contributed by atoms with Gasteiger partial charge in [-0.3, -0.25) is 4.79 Å². The number of carbonyl (C=O) groups is 1. The first kappa shape index (κ1) is 9.52. The smallest absolute Gasteiger partial charge is 0.239 e. The molecule has 3 heteroatoms. The van der Waals surface area contributed by atoms with E-state index in [2.05, 4.69) is 5.32 Å². The van der Waals surface area contributed by atoms with Gasteiger partial charge in [-0.25, -0.2) is 0 Å². The Bertz CT molecular complexity index is 166. The minimum atomic E-state index is -0.0457. The standard InChI is InChI=1S/C9H18N2O/c1-7(10-2)9(12)11(3)8-5-4-6-8/h7-8,10H,4-6H2,1-3H3. The Kier molecular flexibility index (Phi) is 3.09. The van der Waals surface area contributed by atoms with Crippen molar-refractivity contribution in [1.29, 1.82) is 0 Å². The van der Waals surface area contributed by atoms with Crippen LogP contribution in [0.4, 0.5) is 0 Å². The fraction of sp³-hybridized carbons (Fsp3) is 0.889. The molecule has 0 aliphatic heterocycles. The van der Waals surface area contributed by atoms with Gasteiger partial charge in [0.1, 0.15) is 0 Å². The van der Waals surface area contributed by atoms with E-state index in [1.807, 2.05) is 25.9 Å². The number of nitrogens with zero attached hydrogens (tertiary/aromatic N) is 1. The SMILES string of the molecule is CNC(C)C(=O)N(C)C1CCC1. The molecule has 0 spiro atoms. The van der Waals surface area contributed by atoms with E-state index in [1.54, 1.807) is 0 Å². The van der Waals surface area contributed by atoms with E-state index >= 15 is 0 Å². The quantitative estimate of drug-likeness (QED) is 0.673. The van der Waals surface area contributed by atoms with Gasteiger partial charge in [-0.15, -0.1) is 0 Å². The van der Waals surface area contributed by atoms with Crippen LogP contribution >= 0.6 is 0 Å². The van der Waals surface area contributed by atoms with Crippen molar-refractivity contribution in [2.24, 2.45) is 0 Å². The first-order valence-electron chi connectivity index (χ1n) is 4.60. The van der Waals surface area contributed by atoms with Crippen LogP contribution in [0.2, 0.25) is 0 Å². The zero-order chi connectivity index (χ0) is 9.14. The highest BCUT2D eigenvalue weighted by molar-refractivity contribution is 5.81. The van der Waals surface area contributed by atoms with Gasteiger partial charge in [0.05, 0.1) is 6.04 Å². The summed E-state index contributed by atoms with van der Waals surface area (Å²) in [5.41, 5.74) is 0. The number of carbonyl (C=O) groups excluding carboxylic acids is 1. The third-order valence-electron chi connectivity index (χ3n) is 2.77. The molecule has 1 saturated carbocycles. The summed E-state index contributed by atoms with van der Waals surface area (Å²) >= 11 is 0. The van der Waals surface area contributed by atoms with Gasteiger partial charge >= 0.3 is 0 Å². The van der Waals surface area contributed by atoms with Crippen molar-refractivity contribution in [3.63, 3.8) is 0 Å². The average Bonchev–Trinajstić information content (AvgIpc) is 1.98. The van der Waals surface area contributed by atoms with Crippen LogP contribution in [0.15, 0.2) is 0 Å². The van der Waals surface area contributed by atoms with Crippen molar-refractivity contribution in [2.75, 3.05) is 14.1 Å². The highest BCUT2D eigenvalue weighted by Crippen LogP contribution is 2.23. The molecule has 1 amide bonds. The first-order valence-corrected chi connectivity index (χ1v) is 4.60. The summed E-state index contributed by atoms with van der Waals surface area (Å²) in [6, 6.07) is 0.462. The zero-order valence-electron chi connectivity index (χ0n) is 8.13. The van der Waals surface area contributed by atoms with Crippen molar-refractivity contribution >= 4 is 5.91 Å². The molecule has 0 radical (unpaired) electrons. The highest BCUT2D eigenvalue weighted by atomic mass is 16.2. The lowest BCUT2D eigenvalue weighted by Gasteiger charge is -2.36. The summed E-state index contributed by atoms with van der Waals surface area (Å²) < 4.78 is 0. The Morgan fingerprint density at radius 2 is 2.17 bits per heavy atom. The average molecular weight is 170 g/mol. The molecule has 70 valence electrons. The summed E-state index contributed by atoms with van der Waals surface area (Å²) in [7, 11) is 3.72. The predicted octanol–water partition coefficient (Wildman–Crippen LogP) is 0.605. The molecular formula is C9H18N2O. The van der Waals surface area contributed by atoms with Crippen LogP contribution in [-0.4, -0.2) is 37.0 Å². The molecule has 12 heavy (non-hydrogen) atoms. The Balaban J connectivity index is 2.39. The fourth-order valence-corrected chi connectivity index (χ4v) is 1.38. The number of likely N-dealkylation sites (N-methyl/N-ethyl adjacent to an activating group) is 2. The molecule has 1 rings (SSSR count). The zero-order valence-corrected chi connectivity index (χ0v) is 8.13. The second-order valence-corrected chi connectivity index (χ2v) is 3.54. The molecule has 0 saturated heterocycles. The van der Waals surface area contributed by atoms with Crippen molar-refractivity contribution in [2.45, 2.75) is 38.3 Å². The van der Waals surface area contributed by atoms with Crippen LogP contribution in [0, 0.1) is 0 Å². The lowest BCUT2D eigenvalue weighted by Crippen LogP contribution is -2.48. The molecule has 1 fully saturated rings. The van der Waals surface area contributed by atoms with Gasteiger partial charge in [0.25, 0.3) is 0 Å². The second kappa shape index (κ2) is 3.90. The largest absolute Gasteiger partial charge is 0.341 e. The predicted molar refractivity (Wildman–Crippen MR) is 48.9 cm³/mol. The third-order valence-corrected chi connectivity index (χ3v) is 2.77. The monoisotopic (exact) mass is 170 g/mol. The summed E-state index contributed by atoms with van der Waals surface area (Å²) in [6.07, 6.45) is 3.63. The van der Waals surface area contributed by atoms with Crippen LogP contribution in [0.5, 0.6) is 0 Å². The molecule has 0 heterocycles. The maximum atomic E-state index is 11.6. The molecule has 0 aromatic carbocycles. The van der Waals surface area contributed by atoms with E-state index in [0.29, 0.717) is 6.04 Å². The molecule has 0 bridgehead atoms. The molecule has 0 aromatic rings. The van der Waals surface area contributed by atoms with E-state index in [0.717, 1.165) is 0 Å². The Morgan fingerprint density at radius 1 is 1.58 bits per heavy atom. The molecule has 1 aliphatic carbocycles. The van der Waals surface area contributed by atoms with Crippen LogP contribution in [0.3, 0.4) is 0 Å². The third kappa shape index (κ3) is 1.78. The summed E-state index contributed by atoms with van der Waals surface area (Å²) in [4.78, 5) is 13.5. The van der Waals surface area contributed by atoms with E-state index in [1.165, 1.54) is 19.3 Å². The molecule has 3 nitrogen and oxygen atoms in total. The minimum Gasteiger partial charge on any atom is -0.341 e. The van der Waals surface area contributed by atoms with Gasteiger partial charge in [0.2, 0.25) is 5.91 Å². The second-order valence-electron chi connectivity index (χ2n) is 3.54. The number of amides is 1. The fourth-order valence-electron chi connectivity index (χ4n) is 1.38. The first-order chi connectivity index (χ1) is 5.66. The maximum absolute atomic E-state index is 11.6. The number of nitrogens with one attached hydrogen (secondary N) is 1. The van der Waals surface area contributed by atoms with Crippen LogP contribution < -0.4 is 5.32 Å². The number of hydrogen-bond donors (Lipinski definition) is 1. The Hall–Kier alpha value is -0.570. The van der Waals surface area contributed by atoms with E-state index in [9.17, 15) is 4.79 Å². The lowest BCUT2D eigenvalue weighted by molar-refractivity contribution is -0.135. The summed E-state index contributed by atoms with van der Waals surface area (Å²) in [6.45, 7) is 1.90. The lowest BCUT2D eigenvalue weighted by atomic mass is 9.91. The van der Waals surface area contributed by atoms with E-state index < -0.39 is 0 Å². The molecule has 1 aliphatic rings. The van der Waals surface area contributed by atoms with Crippen LogP contribution in [0.1, 0.15) is 26.2 Å². The van der Waals surface area contributed by atoms with E-state index in [4.69, 9.17) is 0 Å². The van der Waals surface area contributed by atoms with Crippen molar-refractivity contribution in [1.82, 2.24) is 10.2 Å². The number of rotatable bonds is 3. The van der Waals surface area contributed by atoms with Gasteiger partial charge in [-0.2, -0.15) is 0 Å². The van der Waals surface area contributed by atoms with Gasteiger partial charge in [0.15, 0.2) is 0 Å².